The van der Waals surface area contributed by atoms with Crippen LogP contribution in [0.2, 0.25) is 0 Å². The molecule has 4 nitrogen and oxygen atoms in total. The van der Waals surface area contributed by atoms with Crippen LogP contribution in [-0.2, 0) is 11.8 Å². The van der Waals surface area contributed by atoms with Crippen LogP contribution in [0.3, 0.4) is 0 Å². The largest absolute Gasteiger partial charge is 0.378 e. The molecule has 1 saturated carbocycles. The van der Waals surface area contributed by atoms with Gasteiger partial charge in [-0.2, -0.15) is 5.10 Å². The van der Waals surface area contributed by atoms with E-state index < -0.39 is 0 Å². The van der Waals surface area contributed by atoms with Crippen molar-refractivity contribution < 1.29 is 4.74 Å². The zero-order valence-electron chi connectivity index (χ0n) is 11.3. The van der Waals surface area contributed by atoms with Crippen LogP contribution in [0.5, 0.6) is 0 Å². The van der Waals surface area contributed by atoms with Crippen molar-refractivity contribution in [2.75, 3.05) is 13.7 Å². The summed E-state index contributed by atoms with van der Waals surface area (Å²) in [6.45, 7) is 2.90. The van der Waals surface area contributed by atoms with E-state index in [2.05, 4.69) is 33.3 Å². The van der Waals surface area contributed by atoms with Crippen molar-refractivity contribution >= 4 is 15.9 Å². The minimum atomic E-state index is 0.361. The van der Waals surface area contributed by atoms with Crippen molar-refractivity contribution in [2.24, 2.45) is 13.0 Å². The number of hydrogen-bond acceptors (Lipinski definition) is 3. The van der Waals surface area contributed by atoms with Crippen LogP contribution in [0.4, 0.5) is 0 Å². The lowest BCUT2D eigenvalue weighted by atomic mass is 9.77. The fourth-order valence-corrected chi connectivity index (χ4v) is 3.37. The van der Waals surface area contributed by atoms with Crippen LogP contribution in [0.25, 0.3) is 0 Å². The van der Waals surface area contributed by atoms with Crippen molar-refractivity contribution in [3.8, 4) is 0 Å². The molecule has 0 aromatic carbocycles. The first-order chi connectivity index (χ1) is 8.65. The minimum Gasteiger partial charge on any atom is -0.378 e. The van der Waals surface area contributed by atoms with Gasteiger partial charge in [0, 0.05) is 13.7 Å². The van der Waals surface area contributed by atoms with E-state index >= 15 is 0 Å². The Morgan fingerprint density at radius 1 is 1.61 bits per heavy atom. The Morgan fingerprint density at radius 3 is 2.83 bits per heavy atom. The first-order valence-electron chi connectivity index (χ1n) is 6.62. The average Bonchev–Trinajstić information content (AvgIpc) is 2.63. The molecule has 1 heterocycles. The number of hydrogen-bond donors (Lipinski definition) is 1. The van der Waals surface area contributed by atoms with E-state index in [0.717, 1.165) is 23.4 Å². The summed E-state index contributed by atoms with van der Waals surface area (Å²) in [4.78, 5) is 0. The van der Waals surface area contributed by atoms with Crippen LogP contribution in [0, 0.1) is 5.92 Å². The van der Waals surface area contributed by atoms with Gasteiger partial charge in [0.1, 0.15) is 0 Å². The quantitative estimate of drug-likeness (QED) is 0.877. The second-order valence-electron chi connectivity index (χ2n) is 4.99. The summed E-state index contributed by atoms with van der Waals surface area (Å²) >= 11 is 3.58. The predicted octanol–water partition coefficient (Wildman–Crippen LogP) is 2.65. The zero-order valence-corrected chi connectivity index (χ0v) is 12.9. The highest BCUT2D eigenvalue weighted by atomic mass is 79.9. The van der Waals surface area contributed by atoms with Crippen molar-refractivity contribution in [2.45, 2.75) is 38.3 Å². The molecule has 0 aliphatic heterocycles. The van der Waals surface area contributed by atoms with Gasteiger partial charge in [-0.15, -0.1) is 0 Å². The second-order valence-corrected chi connectivity index (χ2v) is 5.85. The first kappa shape index (κ1) is 14.0. The number of ether oxygens (including phenoxy) is 1. The number of rotatable bonds is 6. The standard InChI is InChI=1S/C13H22BrN3O/c1-4-18-10-5-9(6-10)7-12(15-2)13-11(14)8-16-17(13)3/h8-10,12,15H,4-7H2,1-3H3. The Balaban J connectivity index is 1.91. The summed E-state index contributed by atoms with van der Waals surface area (Å²) < 4.78 is 8.65. The highest BCUT2D eigenvalue weighted by molar-refractivity contribution is 9.10. The Bertz CT molecular complexity index is 368. The molecule has 0 radical (unpaired) electrons. The van der Waals surface area contributed by atoms with Gasteiger partial charge >= 0.3 is 0 Å². The van der Waals surface area contributed by atoms with Gasteiger partial charge in [-0.25, -0.2) is 0 Å². The normalized spacial score (nSPS) is 24.9. The second kappa shape index (κ2) is 6.17. The van der Waals surface area contributed by atoms with Gasteiger partial charge in [-0.05, 0) is 55.1 Å². The molecule has 1 atom stereocenters. The molecule has 0 spiro atoms. The van der Waals surface area contributed by atoms with Gasteiger partial charge in [-0.3, -0.25) is 4.68 Å². The molecular formula is C13H22BrN3O. The topological polar surface area (TPSA) is 39.1 Å². The summed E-state index contributed by atoms with van der Waals surface area (Å²) in [5, 5.41) is 7.69. The summed E-state index contributed by atoms with van der Waals surface area (Å²) in [5.41, 5.74) is 1.23. The molecule has 18 heavy (non-hydrogen) atoms. The van der Waals surface area contributed by atoms with Crippen LogP contribution < -0.4 is 5.32 Å². The lowest BCUT2D eigenvalue weighted by molar-refractivity contribution is -0.0291. The number of nitrogens with one attached hydrogen (secondary N) is 1. The van der Waals surface area contributed by atoms with Crippen molar-refractivity contribution in [3.63, 3.8) is 0 Å². The monoisotopic (exact) mass is 315 g/mol. The molecule has 1 N–H and O–H groups in total. The highest BCUT2D eigenvalue weighted by Gasteiger charge is 2.32. The molecule has 1 aromatic heterocycles. The maximum absolute atomic E-state index is 5.61. The maximum atomic E-state index is 5.61. The fourth-order valence-electron chi connectivity index (χ4n) is 2.75. The minimum absolute atomic E-state index is 0.361. The van der Waals surface area contributed by atoms with Gasteiger partial charge in [0.2, 0.25) is 0 Å². The average molecular weight is 316 g/mol. The fraction of sp³-hybridized carbons (Fsp3) is 0.769. The summed E-state index contributed by atoms with van der Waals surface area (Å²) in [7, 11) is 4.01. The van der Waals surface area contributed by atoms with Gasteiger partial charge in [0.25, 0.3) is 0 Å². The number of aromatic nitrogens is 2. The van der Waals surface area contributed by atoms with E-state index in [9.17, 15) is 0 Å². The molecular weight excluding hydrogens is 294 g/mol. The number of halogens is 1. The van der Waals surface area contributed by atoms with Crippen molar-refractivity contribution in [1.82, 2.24) is 15.1 Å². The maximum Gasteiger partial charge on any atom is 0.0692 e. The third-order valence-electron chi connectivity index (χ3n) is 3.78. The zero-order chi connectivity index (χ0) is 13.1. The molecule has 1 fully saturated rings. The number of aryl methyl sites for hydroxylation is 1. The highest BCUT2D eigenvalue weighted by Crippen LogP contribution is 2.38. The Labute approximate surface area is 117 Å². The van der Waals surface area contributed by atoms with Crippen LogP contribution >= 0.6 is 15.9 Å². The van der Waals surface area contributed by atoms with Gasteiger partial charge in [-0.1, -0.05) is 0 Å². The first-order valence-corrected chi connectivity index (χ1v) is 7.41. The third-order valence-corrected chi connectivity index (χ3v) is 4.39. The van der Waals surface area contributed by atoms with Crippen molar-refractivity contribution in [1.29, 1.82) is 0 Å². The molecule has 1 aromatic rings. The molecule has 5 heteroatoms. The molecule has 0 bridgehead atoms. The van der Waals surface area contributed by atoms with Crippen LogP contribution in [0.1, 0.15) is 37.9 Å². The summed E-state index contributed by atoms with van der Waals surface area (Å²) in [6.07, 6.45) is 5.90. The molecule has 1 unspecified atom stereocenters. The van der Waals surface area contributed by atoms with E-state index in [1.165, 1.54) is 18.5 Å². The van der Waals surface area contributed by atoms with Crippen LogP contribution in [0.15, 0.2) is 10.7 Å². The predicted molar refractivity (Wildman–Crippen MR) is 75.5 cm³/mol. The lowest BCUT2D eigenvalue weighted by Crippen LogP contribution is -2.34. The van der Waals surface area contributed by atoms with E-state index in [-0.39, 0.29) is 0 Å². The van der Waals surface area contributed by atoms with E-state index in [1.54, 1.807) is 0 Å². The molecule has 1 aliphatic carbocycles. The van der Waals surface area contributed by atoms with E-state index in [0.29, 0.717) is 12.1 Å². The molecule has 102 valence electrons. The Hall–Kier alpha value is -0.390. The van der Waals surface area contributed by atoms with Gasteiger partial charge in [0.05, 0.1) is 28.5 Å². The Morgan fingerprint density at radius 2 is 2.33 bits per heavy atom. The smallest absolute Gasteiger partial charge is 0.0692 e. The SMILES string of the molecule is CCOC1CC(CC(NC)c2c(Br)cnn2C)C1. The summed E-state index contributed by atoms with van der Waals surface area (Å²) in [5.74, 6) is 0.765. The van der Waals surface area contributed by atoms with Gasteiger partial charge in [0.15, 0.2) is 0 Å². The molecule has 2 rings (SSSR count). The summed E-state index contributed by atoms with van der Waals surface area (Å²) in [6, 6.07) is 0.361. The molecule has 0 saturated heterocycles. The Kier molecular flexibility index (Phi) is 4.81. The third kappa shape index (κ3) is 2.95. The lowest BCUT2D eigenvalue weighted by Gasteiger charge is -2.37. The molecule has 1 aliphatic rings. The van der Waals surface area contributed by atoms with E-state index in [4.69, 9.17) is 4.74 Å². The number of nitrogens with zero attached hydrogens (tertiary/aromatic N) is 2. The van der Waals surface area contributed by atoms with Gasteiger partial charge < -0.3 is 10.1 Å². The van der Waals surface area contributed by atoms with E-state index in [1.807, 2.05) is 25.0 Å². The van der Waals surface area contributed by atoms with Crippen LogP contribution in [-0.4, -0.2) is 29.5 Å². The molecule has 0 amide bonds. The van der Waals surface area contributed by atoms with Crippen molar-refractivity contribution in [3.05, 3.63) is 16.4 Å².